The average Bonchev–Trinajstić information content (AvgIpc) is 2.37. The molecule has 1 amide bonds. The van der Waals surface area contributed by atoms with Gasteiger partial charge in [-0.2, -0.15) is 0 Å². The lowest BCUT2D eigenvalue weighted by Gasteiger charge is -2.25. The summed E-state index contributed by atoms with van der Waals surface area (Å²) in [5.74, 6) is 0.765. The summed E-state index contributed by atoms with van der Waals surface area (Å²) in [6, 6.07) is 1.71. The fourth-order valence-electron chi connectivity index (χ4n) is 1.81. The van der Waals surface area contributed by atoms with E-state index in [1.54, 1.807) is 13.1 Å². The molecule has 1 aromatic heterocycles. The van der Waals surface area contributed by atoms with Crippen LogP contribution >= 0.6 is 11.6 Å². The number of hydrogen-bond acceptors (Lipinski definition) is 4. The van der Waals surface area contributed by atoms with E-state index in [0.717, 1.165) is 6.54 Å². The topological polar surface area (TPSA) is 57.3 Å². The van der Waals surface area contributed by atoms with Crippen LogP contribution in [0.4, 0.5) is 5.82 Å². The van der Waals surface area contributed by atoms with E-state index in [1.165, 1.54) is 6.20 Å². The molecule has 1 aromatic rings. The highest BCUT2D eigenvalue weighted by molar-refractivity contribution is 6.33. The highest BCUT2D eigenvalue weighted by atomic mass is 35.5. The van der Waals surface area contributed by atoms with Crippen molar-refractivity contribution in [1.82, 2.24) is 15.2 Å². The summed E-state index contributed by atoms with van der Waals surface area (Å²) in [4.78, 5) is 18.4. The van der Waals surface area contributed by atoms with Crippen LogP contribution in [-0.4, -0.2) is 49.5 Å². The second kappa shape index (κ2) is 7.45. The molecule has 0 bridgehead atoms. The number of amides is 1. The molecular weight excluding hydrogens is 276 g/mol. The normalized spacial score (nSPS) is 12.6. The standard InChI is InChI=1S/C14H23ClN4O/c1-9(2)12(8-19(4)5)18-14(20)10-6-11(15)13(16-3)17-7-10/h6-7,9,12H,8H2,1-5H3,(H,16,17)(H,18,20). The Morgan fingerprint density at radius 1 is 1.45 bits per heavy atom. The second-order valence-electron chi connectivity index (χ2n) is 5.39. The van der Waals surface area contributed by atoms with Crippen molar-refractivity contribution in [1.29, 1.82) is 0 Å². The van der Waals surface area contributed by atoms with Crippen molar-refractivity contribution in [2.75, 3.05) is 33.0 Å². The van der Waals surface area contributed by atoms with Crippen molar-refractivity contribution in [3.63, 3.8) is 0 Å². The maximum Gasteiger partial charge on any atom is 0.253 e. The van der Waals surface area contributed by atoms with Crippen LogP contribution < -0.4 is 10.6 Å². The molecule has 1 unspecified atom stereocenters. The summed E-state index contributed by atoms with van der Waals surface area (Å²) >= 11 is 6.04. The lowest BCUT2D eigenvalue weighted by Crippen LogP contribution is -2.45. The molecule has 0 aromatic carbocycles. The number of anilines is 1. The minimum absolute atomic E-state index is 0.0836. The van der Waals surface area contributed by atoms with Crippen LogP contribution in [0.25, 0.3) is 0 Å². The van der Waals surface area contributed by atoms with Gasteiger partial charge in [-0.1, -0.05) is 25.4 Å². The third-order valence-electron chi connectivity index (χ3n) is 3.02. The molecule has 5 nitrogen and oxygen atoms in total. The van der Waals surface area contributed by atoms with E-state index in [0.29, 0.717) is 22.3 Å². The number of pyridine rings is 1. The second-order valence-corrected chi connectivity index (χ2v) is 5.80. The largest absolute Gasteiger partial charge is 0.372 e. The third kappa shape index (κ3) is 4.65. The van der Waals surface area contributed by atoms with Crippen LogP contribution in [-0.2, 0) is 0 Å². The van der Waals surface area contributed by atoms with Gasteiger partial charge in [0.1, 0.15) is 5.82 Å². The number of nitrogens with one attached hydrogen (secondary N) is 2. The van der Waals surface area contributed by atoms with Crippen molar-refractivity contribution in [3.05, 3.63) is 22.8 Å². The number of carbonyl (C=O) groups excluding carboxylic acids is 1. The third-order valence-corrected chi connectivity index (χ3v) is 3.31. The van der Waals surface area contributed by atoms with Gasteiger partial charge in [-0.15, -0.1) is 0 Å². The number of carbonyl (C=O) groups is 1. The van der Waals surface area contributed by atoms with Crippen LogP contribution in [0.3, 0.4) is 0 Å². The molecule has 20 heavy (non-hydrogen) atoms. The zero-order chi connectivity index (χ0) is 15.3. The Bertz CT molecular complexity index is 462. The van der Waals surface area contributed by atoms with Crippen molar-refractivity contribution in [2.45, 2.75) is 19.9 Å². The van der Waals surface area contributed by atoms with Crippen molar-refractivity contribution < 1.29 is 4.79 Å². The minimum Gasteiger partial charge on any atom is -0.372 e. The Kier molecular flexibility index (Phi) is 6.23. The smallest absolute Gasteiger partial charge is 0.253 e. The van der Waals surface area contributed by atoms with Crippen molar-refractivity contribution in [2.24, 2.45) is 5.92 Å². The first-order chi connectivity index (χ1) is 9.35. The van der Waals surface area contributed by atoms with E-state index < -0.39 is 0 Å². The molecule has 0 fully saturated rings. The van der Waals surface area contributed by atoms with E-state index in [1.807, 2.05) is 14.1 Å². The molecule has 0 aliphatic rings. The number of likely N-dealkylation sites (N-methyl/N-ethyl adjacent to an activating group) is 1. The molecule has 1 atom stereocenters. The summed E-state index contributed by atoms with van der Waals surface area (Å²) in [5, 5.41) is 6.33. The highest BCUT2D eigenvalue weighted by Gasteiger charge is 2.18. The van der Waals surface area contributed by atoms with Gasteiger partial charge in [-0.3, -0.25) is 4.79 Å². The van der Waals surface area contributed by atoms with E-state index in [4.69, 9.17) is 11.6 Å². The molecule has 1 rings (SSSR count). The zero-order valence-electron chi connectivity index (χ0n) is 12.7. The average molecular weight is 299 g/mol. The van der Waals surface area contributed by atoms with Gasteiger partial charge in [0, 0.05) is 25.8 Å². The lowest BCUT2D eigenvalue weighted by molar-refractivity contribution is 0.0916. The first kappa shape index (κ1) is 16.7. The van der Waals surface area contributed by atoms with Gasteiger partial charge in [-0.05, 0) is 26.1 Å². The van der Waals surface area contributed by atoms with Crippen LogP contribution in [0.5, 0.6) is 0 Å². The summed E-state index contributed by atoms with van der Waals surface area (Å²) in [7, 11) is 5.71. The Labute approximate surface area is 125 Å². The highest BCUT2D eigenvalue weighted by Crippen LogP contribution is 2.19. The molecule has 1 heterocycles. The Hall–Kier alpha value is -1.33. The van der Waals surface area contributed by atoms with Gasteiger partial charge in [0.2, 0.25) is 0 Å². The molecule has 6 heteroatoms. The van der Waals surface area contributed by atoms with E-state index in [9.17, 15) is 4.79 Å². The summed E-state index contributed by atoms with van der Waals surface area (Å²) in [6.07, 6.45) is 1.53. The Morgan fingerprint density at radius 3 is 2.55 bits per heavy atom. The zero-order valence-corrected chi connectivity index (χ0v) is 13.5. The molecule has 0 spiro atoms. The number of nitrogens with zero attached hydrogens (tertiary/aromatic N) is 2. The van der Waals surface area contributed by atoms with Gasteiger partial charge >= 0.3 is 0 Å². The maximum absolute atomic E-state index is 12.2. The Balaban J connectivity index is 2.81. The number of hydrogen-bond donors (Lipinski definition) is 2. The lowest BCUT2D eigenvalue weighted by atomic mass is 10.0. The summed E-state index contributed by atoms with van der Waals surface area (Å²) in [6.45, 7) is 4.96. The Morgan fingerprint density at radius 2 is 2.10 bits per heavy atom. The SMILES string of the molecule is CNc1ncc(C(=O)NC(CN(C)C)C(C)C)cc1Cl. The molecule has 112 valence electrons. The van der Waals surface area contributed by atoms with Crippen molar-refractivity contribution in [3.8, 4) is 0 Å². The van der Waals surface area contributed by atoms with Gasteiger partial charge in [0.05, 0.1) is 10.6 Å². The van der Waals surface area contributed by atoms with Crippen molar-refractivity contribution >= 4 is 23.3 Å². The van der Waals surface area contributed by atoms with Gasteiger partial charge in [0.25, 0.3) is 5.91 Å². The fourth-order valence-corrected chi connectivity index (χ4v) is 2.08. The first-order valence-corrected chi connectivity index (χ1v) is 7.01. The summed E-state index contributed by atoms with van der Waals surface area (Å²) in [5.41, 5.74) is 0.471. The van der Waals surface area contributed by atoms with Gasteiger partial charge in [-0.25, -0.2) is 4.98 Å². The minimum atomic E-state index is -0.150. The first-order valence-electron chi connectivity index (χ1n) is 6.64. The van der Waals surface area contributed by atoms with Crippen LogP contribution in [0.15, 0.2) is 12.3 Å². The molecular formula is C14H23ClN4O. The number of halogens is 1. The van der Waals surface area contributed by atoms with Crippen LogP contribution in [0.1, 0.15) is 24.2 Å². The molecule has 0 saturated heterocycles. The van der Waals surface area contributed by atoms with Crippen LogP contribution in [0.2, 0.25) is 5.02 Å². The number of rotatable bonds is 6. The molecule has 0 radical (unpaired) electrons. The van der Waals surface area contributed by atoms with E-state index in [2.05, 4.69) is 34.4 Å². The molecule has 0 saturated carbocycles. The quantitative estimate of drug-likeness (QED) is 0.844. The predicted octanol–water partition coefficient (Wildman–Crippen LogP) is 2.09. The monoisotopic (exact) mass is 298 g/mol. The molecule has 0 aliphatic carbocycles. The van der Waals surface area contributed by atoms with E-state index in [-0.39, 0.29) is 11.9 Å². The van der Waals surface area contributed by atoms with E-state index >= 15 is 0 Å². The molecule has 2 N–H and O–H groups in total. The van der Waals surface area contributed by atoms with Gasteiger partial charge < -0.3 is 15.5 Å². The maximum atomic E-state index is 12.2. The van der Waals surface area contributed by atoms with Crippen LogP contribution in [0, 0.1) is 5.92 Å². The number of aromatic nitrogens is 1. The fraction of sp³-hybridized carbons (Fsp3) is 0.571. The van der Waals surface area contributed by atoms with Gasteiger partial charge in [0.15, 0.2) is 0 Å². The molecule has 0 aliphatic heterocycles. The summed E-state index contributed by atoms with van der Waals surface area (Å²) < 4.78 is 0. The predicted molar refractivity (Wildman–Crippen MR) is 83.4 cm³/mol.